The monoisotopic (exact) mass is 241 g/mol. The first-order valence-electron chi connectivity index (χ1n) is 5.67. The van der Waals surface area contributed by atoms with Crippen LogP contribution in [0.2, 0.25) is 5.02 Å². The maximum absolute atomic E-state index is 9.29. The Labute approximate surface area is 103 Å². The molecule has 1 aromatic carbocycles. The highest BCUT2D eigenvalue weighted by atomic mass is 35.5. The lowest BCUT2D eigenvalue weighted by molar-refractivity contribution is 0.181. The first-order chi connectivity index (χ1) is 7.50. The van der Waals surface area contributed by atoms with Crippen LogP contribution in [0.15, 0.2) is 24.3 Å². The van der Waals surface area contributed by atoms with E-state index in [0.717, 1.165) is 5.02 Å². The zero-order chi connectivity index (χ0) is 12.1. The van der Waals surface area contributed by atoms with Gasteiger partial charge in [-0.2, -0.15) is 0 Å². The van der Waals surface area contributed by atoms with Crippen LogP contribution < -0.4 is 5.32 Å². The predicted octanol–water partition coefficient (Wildman–Crippen LogP) is 3.01. The second-order valence-electron chi connectivity index (χ2n) is 4.53. The van der Waals surface area contributed by atoms with E-state index >= 15 is 0 Å². The van der Waals surface area contributed by atoms with Gasteiger partial charge in [0.05, 0.1) is 6.10 Å². The highest BCUT2D eigenvalue weighted by Gasteiger charge is 2.15. The summed E-state index contributed by atoms with van der Waals surface area (Å²) in [5.41, 5.74) is 1.21. The molecule has 16 heavy (non-hydrogen) atoms. The lowest BCUT2D eigenvalue weighted by Gasteiger charge is -2.23. The molecule has 0 saturated carbocycles. The van der Waals surface area contributed by atoms with Gasteiger partial charge >= 0.3 is 0 Å². The molecule has 0 aliphatic heterocycles. The number of hydrogen-bond acceptors (Lipinski definition) is 2. The van der Waals surface area contributed by atoms with Crippen LogP contribution >= 0.6 is 11.6 Å². The fraction of sp³-hybridized carbons (Fsp3) is 0.538. The van der Waals surface area contributed by atoms with Gasteiger partial charge in [-0.05, 0) is 30.5 Å². The Balaban J connectivity index is 2.73. The molecule has 1 rings (SSSR count). The van der Waals surface area contributed by atoms with Gasteiger partial charge in [-0.3, -0.25) is 0 Å². The molecule has 1 aromatic rings. The van der Waals surface area contributed by atoms with Crippen LogP contribution in [0.25, 0.3) is 0 Å². The fourth-order valence-electron chi connectivity index (χ4n) is 1.71. The SMILES string of the molecule is CC(O)CNC(c1ccc(Cl)cc1)C(C)C. The molecule has 2 atom stereocenters. The van der Waals surface area contributed by atoms with E-state index in [4.69, 9.17) is 11.6 Å². The maximum Gasteiger partial charge on any atom is 0.0636 e. The predicted molar refractivity (Wildman–Crippen MR) is 68.7 cm³/mol. The third-order valence-corrected chi connectivity index (χ3v) is 2.78. The summed E-state index contributed by atoms with van der Waals surface area (Å²) in [6.45, 7) is 6.71. The number of aliphatic hydroxyl groups excluding tert-OH is 1. The van der Waals surface area contributed by atoms with Gasteiger partial charge in [-0.25, -0.2) is 0 Å². The van der Waals surface area contributed by atoms with Crippen LogP contribution in [-0.2, 0) is 0 Å². The fourth-order valence-corrected chi connectivity index (χ4v) is 1.83. The van der Waals surface area contributed by atoms with E-state index in [1.165, 1.54) is 5.56 Å². The van der Waals surface area contributed by atoms with Gasteiger partial charge in [0.2, 0.25) is 0 Å². The van der Waals surface area contributed by atoms with Crippen molar-refractivity contribution in [3.8, 4) is 0 Å². The second kappa shape index (κ2) is 6.24. The molecule has 0 aliphatic carbocycles. The Bertz CT molecular complexity index is 308. The largest absolute Gasteiger partial charge is 0.392 e. The van der Waals surface area contributed by atoms with Crippen molar-refractivity contribution in [1.29, 1.82) is 0 Å². The van der Waals surface area contributed by atoms with Gasteiger partial charge < -0.3 is 10.4 Å². The van der Waals surface area contributed by atoms with E-state index in [1.807, 2.05) is 24.3 Å². The van der Waals surface area contributed by atoms with Gasteiger partial charge in [0.1, 0.15) is 0 Å². The molecule has 0 radical (unpaired) electrons. The summed E-state index contributed by atoms with van der Waals surface area (Å²) >= 11 is 5.86. The molecule has 2 N–H and O–H groups in total. The van der Waals surface area contributed by atoms with Crippen molar-refractivity contribution < 1.29 is 5.11 Å². The van der Waals surface area contributed by atoms with Gasteiger partial charge in [0, 0.05) is 17.6 Å². The summed E-state index contributed by atoms with van der Waals surface area (Å²) in [5, 5.41) is 13.4. The summed E-state index contributed by atoms with van der Waals surface area (Å²) in [6.07, 6.45) is -0.325. The van der Waals surface area contributed by atoms with Crippen molar-refractivity contribution in [2.24, 2.45) is 5.92 Å². The Hall–Kier alpha value is -0.570. The van der Waals surface area contributed by atoms with Gasteiger partial charge in [0.25, 0.3) is 0 Å². The average molecular weight is 242 g/mol. The minimum atomic E-state index is -0.325. The average Bonchev–Trinajstić information content (AvgIpc) is 2.20. The zero-order valence-electron chi connectivity index (χ0n) is 10.1. The van der Waals surface area contributed by atoms with Crippen molar-refractivity contribution in [1.82, 2.24) is 5.32 Å². The third kappa shape index (κ3) is 4.12. The molecule has 90 valence electrons. The summed E-state index contributed by atoms with van der Waals surface area (Å²) in [4.78, 5) is 0. The van der Waals surface area contributed by atoms with E-state index in [9.17, 15) is 5.11 Å². The number of nitrogens with one attached hydrogen (secondary N) is 1. The molecule has 0 fully saturated rings. The van der Waals surface area contributed by atoms with E-state index in [1.54, 1.807) is 6.92 Å². The quantitative estimate of drug-likeness (QED) is 0.831. The third-order valence-electron chi connectivity index (χ3n) is 2.53. The molecule has 0 aromatic heterocycles. The molecular weight excluding hydrogens is 222 g/mol. The lowest BCUT2D eigenvalue weighted by atomic mass is 9.96. The molecule has 2 nitrogen and oxygen atoms in total. The number of benzene rings is 1. The second-order valence-corrected chi connectivity index (χ2v) is 4.97. The molecule has 0 saturated heterocycles. The minimum absolute atomic E-state index is 0.256. The first kappa shape index (κ1) is 13.5. The van der Waals surface area contributed by atoms with Crippen molar-refractivity contribution in [3.63, 3.8) is 0 Å². The number of aliphatic hydroxyl groups is 1. The Morgan fingerprint density at radius 1 is 1.19 bits per heavy atom. The topological polar surface area (TPSA) is 32.3 Å². The number of hydrogen-bond donors (Lipinski definition) is 2. The highest BCUT2D eigenvalue weighted by Crippen LogP contribution is 2.23. The van der Waals surface area contributed by atoms with Crippen molar-refractivity contribution >= 4 is 11.6 Å². The Morgan fingerprint density at radius 3 is 2.19 bits per heavy atom. The zero-order valence-corrected chi connectivity index (χ0v) is 10.8. The molecule has 0 aliphatic rings. The molecule has 0 bridgehead atoms. The van der Waals surface area contributed by atoms with E-state index < -0.39 is 0 Å². The van der Waals surface area contributed by atoms with Crippen LogP contribution in [0, 0.1) is 5.92 Å². The number of rotatable bonds is 5. The van der Waals surface area contributed by atoms with Crippen LogP contribution in [0.5, 0.6) is 0 Å². The first-order valence-corrected chi connectivity index (χ1v) is 6.05. The van der Waals surface area contributed by atoms with Gasteiger partial charge in [-0.1, -0.05) is 37.6 Å². The molecular formula is C13H20ClNO. The van der Waals surface area contributed by atoms with E-state index in [2.05, 4.69) is 19.2 Å². The van der Waals surface area contributed by atoms with E-state index in [0.29, 0.717) is 12.5 Å². The molecule has 0 amide bonds. The number of halogens is 1. The maximum atomic E-state index is 9.29. The normalized spacial score (nSPS) is 15.1. The Kier molecular flexibility index (Phi) is 5.26. The van der Waals surface area contributed by atoms with Crippen LogP contribution in [0.3, 0.4) is 0 Å². The van der Waals surface area contributed by atoms with Crippen LogP contribution in [0.4, 0.5) is 0 Å². The van der Waals surface area contributed by atoms with Gasteiger partial charge in [-0.15, -0.1) is 0 Å². The standard InChI is InChI=1S/C13H20ClNO/c1-9(2)13(15-8-10(3)16)11-4-6-12(14)7-5-11/h4-7,9-10,13,15-16H,8H2,1-3H3. The highest BCUT2D eigenvalue weighted by molar-refractivity contribution is 6.30. The van der Waals surface area contributed by atoms with Crippen molar-refractivity contribution in [2.75, 3.05) is 6.54 Å². The minimum Gasteiger partial charge on any atom is -0.392 e. The Morgan fingerprint density at radius 2 is 1.75 bits per heavy atom. The van der Waals surface area contributed by atoms with E-state index in [-0.39, 0.29) is 12.1 Å². The van der Waals surface area contributed by atoms with Crippen LogP contribution in [0.1, 0.15) is 32.4 Å². The van der Waals surface area contributed by atoms with Gasteiger partial charge in [0.15, 0.2) is 0 Å². The molecule has 2 unspecified atom stereocenters. The van der Waals surface area contributed by atoms with Crippen molar-refractivity contribution in [2.45, 2.75) is 32.9 Å². The summed E-state index contributed by atoms with van der Waals surface area (Å²) in [6, 6.07) is 8.11. The lowest BCUT2D eigenvalue weighted by Crippen LogP contribution is -2.31. The smallest absolute Gasteiger partial charge is 0.0636 e. The van der Waals surface area contributed by atoms with Crippen LogP contribution in [-0.4, -0.2) is 17.8 Å². The summed E-state index contributed by atoms with van der Waals surface area (Å²) in [7, 11) is 0. The molecule has 0 heterocycles. The summed E-state index contributed by atoms with van der Waals surface area (Å²) < 4.78 is 0. The van der Waals surface area contributed by atoms with Crippen molar-refractivity contribution in [3.05, 3.63) is 34.9 Å². The summed E-state index contributed by atoms with van der Waals surface area (Å²) in [5.74, 6) is 0.472. The molecule has 3 heteroatoms. The molecule has 0 spiro atoms.